The second kappa shape index (κ2) is 13.6. The van der Waals surface area contributed by atoms with Crippen LogP contribution in [0.1, 0.15) is 76.3 Å². The van der Waals surface area contributed by atoms with E-state index >= 15 is 0 Å². The van der Waals surface area contributed by atoms with Crippen LogP contribution in [0.2, 0.25) is 0 Å². The van der Waals surface area contributed by atoms with E-state index in [0.717, 1.165) is 30.4 Å². The summed E-state index contributed by atoms with van der Waals surface area (Å²) in [6.07, 6.45) is 6.28. The lowest BCUT2D eigenvalue weighted by molar-refractivity contribution is -0.130. The standard InChI is InChI=1S/C25H42N4O3/c1-17(2)11-22(25(32)28-16-20-10-6-9-19(12-20)15-26)29-24(31)14-23(30)21(27)13-18-7-4-3-5-8-18/h6,9-10,12,17-18,21-23,30H,3-5,7-8,11,13-16,26-27H2,1-2H3,(H,28,32)(H,29,31)/t21-,22-,23?/m0/s1. The summed E-state index contributed by atoms with van der Waals surface area (Å²) in [6, 6.07) is 6.67. The van der Waals surface area contributed by atoms with Crippen LogP contribution < -0.4 is 22.1 Å². The van der Waals surface area contributed by atoms with Gasteiger partial charge in [-0.1, -0.05) is 70.2 Å². The van der Waals surface area contributed by atoms with Crippen LogP contribution in [-0.4, -0.2) is 35.1 Å². The third kappa shape index (κ3) is 9.27. The lowest BCUT2D eigenvalue weighted by atomic mass is 9.83. The monoisotopic (exact) mass is 446 g/mol. The number of rotatable bonds is 12. The fourth-order valence-electron chi connectivity index (χ4n) is 4.44. The molecule has 0 aliphatic heterocycles. The van der Waals surface area contributed by atoms with Gasteiger partial charge >= 0.3 is 0 Å². The molecule has 1 aliphatic rings. The molecule has 0 bridgehead atoms. The number of aliphatic hydroxyl groups excluding tert-OH is 1. The first-order chi connectivity index (χ1) is 15.3. The van der Waals surface area contributed by atoms with E-state index in [-0.39, 0.29) is 24.2 Å². The molecule has 1 saturated carbocycles. The number of carbonyl (C=O) groups excluding carboxylic acids is 2. The molecule has 1 fully saturated rings. The predicted octanol–water partition coefficient (Wildman–Crippen LogP) is 2.34. The molecule has 1 unspecified atom stereocenters. The van der Waals surface area contributed by atoms with Crippen molar-refractivity contribution < 1.29 is 14.7 Å². The Morgan fingerprint density at radius 2 is 1.84 bits per heavy atom. The average Bonchev–Trinajstić information content (AvgIpc) is 2.77. The van der Waals surface area contributed by atoms with Gasteiger partial charge in [0.05, 0.1) is 12.5 Å². The summed E-state index contributed by atoms with van der Waals surface area (Å²) in [5.74, 6) is 0.188. The molecule has 1 aromatic rings. The SMILES string of the molecule is CC(C)C[C@H](NC(=O)CC(O)[C@@H](N)CC1CCCCC1)C(=O)NCc1cccc(CN)c1. The van der Waals surface area contributed by atoms with E-state index in [0.29, 0.717) is 25.4 Å². The maximum Gasteiger partial charge on any atom is 0.242 e. The molecule has 0 aromatic heterocycles. The minimum atomic E-state index is -0.904. The molecule has 1 aliphatic carbocycles. The van der Waals surface area contributed by atoms with Gasteiger partial charge < -0.3 is 27.2 Å². The number of aliphatic hydroxyl groups is 1. The Balaban J connectivity index is 1.86. The molecule has 7 heteroatoms. The van der Waals surface area contributed by atoms with Gasteiger partial charge in [-0.3, -0.25) is 9.59 Å². The summed E-state index contributed by atoms with van der Waals surface area (Å²) in [4.78, 5) is 25.4. The van der Waals surface area contributed by atoms with Crippen LogP contribution in [-0.2, 0) is 22.7 Å². The van der Waals surface area contributed by atoms with Gasteiger partial charge in [-0.25, -0.2) is 0 Å². The summed E-state index contributed by atoms with van der Waals surface area (Å²) in [5.41, 5.74) is 13.8. The Morgan fingerprint density at radius 1 is 1.16 bits per heavy atom. The van der Waals surface area contributed by atoms with E-state index in [2.05, 4.69) is 10.6 Å². The number of nitrogens with one attached hydrogen (secondary N) is 2. The number of carbonyl (C=O) groups is 2. The molecule has 3 atom stereocenters. The summed E-state index contributed by atoms with van der Waals surface area (Å²) in [6.45, 7) is 4.82. The van der Waals surface area contributed by atoms with Crippen LogP contribution in [0.3, 0.4) is 0 Å². The van der Waals surface area contributed by atoms with E-state index in [4.69, 9.17) is 11.5 Å². The van der Waals surface area contributed by atoms with Crippen molar-refractivity contribution in [3.8, 4) is 0 Å². The summed E-state index contributed by atoms with van der Waals surface area (Å²) < 4.78 is 0. The van der Waals surface area contributed by atoms with E-state index in [9.17, 15) is 14.7 Å². The Kier molecular flexibility index (Phi) is 11.1. The van der Waals surface area contributed by atoms with Crippen molar-refractivity contribution in [2.45, 2.75) is 96.5 Å². The van der Waals surface area contributed by atoms with Crippen LogP contribution in [0.5, 0.6) is 0 Å². The van der Waals surface area contributed by atoms with Crippen LogP contribution in [0, 0.1) is 11.8 Å². The van der Waals surface area contributed by atoms with Gasteiger partial charge in [0.2, 0.25) is 11.8 Å². The number of nitrogens with two attached hydrogens (primary N) is 2. The third-order valence-corrected chi connectivity index (χ3v) is 6.27. The molecule has 0 heterocycles. The lowest BCUT2D eigenvalue weighted by Gasteiger charge is -2.27. The van der Waals surface area contributed by atoms with Crippen molar-refractivity contribution in [1.29, 1.82) is 0 Å². The molecule has 0 saturated heterocycles. The molecule has 7 nitrogen and oxygen atoms in total. The molecule has 2 rings (SSSR count). The zero-order valence-electron chi connectivity index (χ0n) is 19.7. The quantitative estimate of drug-likeness (QED) is 0.336. The summed E-state index contributed by atoms with van der Waals surface area (Å²) in [5, 5.41) is 16.2. The van der Waals surface area contributed by atoms with Crippen molar-refractivity contribution in [2.24, 2.45) is 23.3 Å². The van der Waals surface area contributed by atoms with Crippen molar-refractivity contribution in [2.75, 3.05) is 0 Å². The first-order valence-electron chi connectivity index (χ1n) is 12.1. The van der Waals surface area contributed by atoms with Gasteiger partial charge in [-0.2, -0.15) is 0 Å². The van der Waals surface area contributed by atoms with E-state index < -0.39 is 18.2 Å². The molecule has 32 heavy (non-hydrogen) atoms. The molecule has 1 aromatic carbocycles. The topological polar surface area (TPSA) is 130 Å². The highest BCUT2D eigenvalue weighted by molar-refractivity contribution is 5.87. The zero-order valence-corrected chi connectivity index (χ0v) is 19.7. The van der Waals surface area contributed by atoms with Crippen molar-refractivity contribution >= 4 is 11.8 Å². The van der Waals surface area contributed by atoms with Gasteiger partial charge in [-0.05, 0) is 35.8 Å². The molecular weight excluding hydrogens is 404 g/mol. The van der Waals surface area contributed by atoms with Crippen molar-refractivity contribution in [1.82, 2.24) is 10.6 Å². The van der Waals surface area contributed by atoms with E-state index in [1.54, 1.807) is 0 Å². The average molecular weight is 447 g/mol. The first-order valence-corrected chi connectivity index (χ1v) is 12.1. The third-order valence-electron chi connectivity index (χ3n) is 6.27. The molecule has 180 valence electrons. The van der Waals surface area contributed by atoms with E-state index in [1.807, 2.05) is 38.1 Å². The predicted molar refractivity (Wildman–Crippen MR) is 127 cm³/mol. The summed E-state index contributed by atoms with van der Waals surface area (Å²) in [7, 11) is 0. The summed E-state index contributed by atoms with van der Waals surface area (Å²) >= 11 is 0. The van der Waals surface area contributed by atoms with Crippen LogP contribution >= 0.6 is 0 Å². The molecule has 0 spiro atoms. The van der Waals surface area contributed by atoms with Crippen molar-refractivity contribution in [3.63, 3.8) is 0 Å². The number of hydrogen-bond donors (Lipinski definition) is 5. The van der Waals surface area contributed by atoms with Crippen LogP contribution in [0.25, 0.3) is 0 Å². The minimum Gasteiger partial charge on any atom is -0.391 e. The highest BCUT2D eigenvalue weighted by Crippen LogP contribution is 2.27. The molecular formula is C25H42N4O3. The minimum absolute atomic E-state index is 0.0890. The Labute approximate surface area is 192 Å². The Bertz CT molecular complexity index is 719. The number of benzene rings is 1. The number of hydrogen-bond acceptors (Lipinski definition) is 5. The fraction of sp³-hybridized carbons (Fsp3) is 0.680. The maximum atomic E-state index is 12.8. The van der Waals surface area contributed by atoms with Crippen molar-refractivity contribution in [3.05, 3.63) is 35.4 Å². The first kappa shape index (κ1) is 26.3. The number of amides is 2. The van der Waals surface area contributed by atoms with Crippen LogP contribution in [0.4, 0.5) is 0 Å². The normalized spacial score (nSPS) is 17.6. The van der Waals surface area contributed by atoms with Gasteiger partial charge in [0.25, 0.3) is 0 Å². The van der Waals surface area contributed by atoms with Gasteiger partial charge in [0.1, 0.15) is 6.04 Å². The smallest absolute Gasteiger partial charge is 0.242 e. The van der Waals surface area contributed by atoms with Gasteiger partial charge in [0.15, 0.2) is 0 Å². The second-order valence-corrected chi connectivity index (χ2v) is 9.67. The van der Waals surface area contributed by atoms with Crippen LogP contribution in [0.15, 0.2) is 24.3 Å². The molecule has 2 amide bonds. The van der Waals surface area contributed by atoms with Gasteiger partial charge in [-0.15, -0.1) is 0 Å². The fourth-order valence-corrected chi connectivity index (χ4v) is 4.44. The maximum absolute atomic E-state index is 12.8. The molecule has 0 radical (unpaired) electrons. The largest absolute Gasteiger partial charge is 0.391 e. The Morgan fingerprint density at radius 3 is 2.50 bits per heavy atom. The highest BCUT2D eigenvalue weighted by atomic mass is 16.3. The zero-order chi connectivity index (χ0) is 23.5. The molecule has 7 N–H and O–H groups in total. The lowest BCUT2D eigenvalue weighted by Crippen LogP contribution is -2.49. The van der Waals surface area contributed by atoms with Gasteiger partial charge in [0, 0.05) is 19.1 Å². The highest BCUT2D eigenvalue weighted by Gasteiger charge is 2.26. The van der Waals surface area contributed by atoms with E-state index in [1.165, 1.54) is 19.3 Å². The second-order valence-electron chi connectivity index (χ2n) is 9.67. The Hall–Kier alpha value is -1.96.